The largest absolute Gasteiger partial charge is 0.501 e. The van der Waals surface area contributed by atoms with Gasteiger partial charge < -0.3 is 9.47 Å². The quantitative estimate of drug-likeness (QED) is 0.616. The highest BCUT2D eigenvalue weighted by Crippen LogP contribution is 2.38. The first kappa shape index (κ1) is 17.0. The molecule has 0 saturated heterocycles. The number of benzene rings is 2. The van der Waals surface area contributed by atoms with Crippen molar-refractivity contribution in [3.63, 3.8) is 0 Å². The molecule has 0 N–H and O–H groups in total. The zero-order valence-electron chi connectivity index (χ0n) is 14.3. The number of carbonyl (C=O) groups is 2. The van der Waals surface area contributed by atoms with E-state index in [1.165, 1.54) is 6.08 Å². The van der Waals surface area contributed by atoms with Crippen molar-refractivity contribution in [1.82, 2.24) is 0 Å². The normalized spacial score (nSPS) is 19.9. The smallest absolute Gasteiger partial charge is 0.174 e. The summed E-state index contributed by atoms with van der Waals surface area (Å²) in [6.45, 7) is 0. The summed E-state index contributed by atoms with van der Waals surface area (Å²) >= 11 is 0. The Morgan fingerprint density at radius 2 is 1.64 bits per heavy atom. The van der Waals surface area contributed by atoms with E-state index in [4.69, 9.17) is 9.47 Å². The number of ketones is 2. The fraction of sp³-hybridized carbons (Fsp3) is 0.238. The van der Waals surface area contributed by atoms with Gasteiger partial charge in [0.1, 0.15) is 5.75 Å². The van der Waals surface area contributed by atoms with Gasteiger partial charge in [-0.3, -0.25) is 9.59 Å². The minimum absolute atomic E-state index is 0.155. The maximum absolute atomic E-state index is 13.0. The first-order valence-corrected chi connectivity index (χ1v) is 8.15. The lowest BCUT2D eigenvalue weighted by molar-refractivity contribution is -0.118. The second-order valence-corrected chi connectivity index (χ2v) is 6.01. The van der Waals surface area contributed by atoms with E-state index in [9.17, 15) is 9.59 Å². The number of ether oxygens (including phenoxy) is 2. The van der Waals surface area contributed by atoms with Crippen LogP contribution < -0.4 is 4.74 Å². The van der Waals surface area contributed by atoms with E-state index in [-0.39, 0.29) is 17.5 Å². The van der Waals surface area contributed by atoms with E-state index in [1.54, 1.807) is 38.5 Å². The van der Waals surface area contributed by atoms with Crippen LogP contribution in [0.25, 0.3) is 0 Å². The van der Waals surface area contributed by atoms with Crippen molar-refractivity contribution < 1.29 is 19.1 Å². The predicted molar refractivity (Wildman–Crippen MR) is 94.7 cm³/mol. The van der Waals surface area contributed by atoms with Crippen molar-refractivity contribution in [2.45, 2.75) is 12.3 Å². The summed E-state index contributed by atoms with van der Waals surface area (Å²) in [5, 5.41) is 0. The van der Waals surface area contributed by atoms with E-state index in [0.717, 1.165) is 11.3 Å². The molecule has 4 heteroatoms. The Labute approximate surface area is 147 Å². The Bertz CT molecular complexity index is 790. The molecule has 0 amide bonds. The molecular weight excluding hydrogens is 316 g/mol. The lowest BCUT2D eigenvalue weighted by Crippen LogP contribution is -2.33. The fourth-order valence-electron chi connectivity index (χ4n) is 3.24. The third-order valence-corrected chi connectivity index (χ3v) is 4.58. The SMILES string of the molecule is COC1=CC(=O)C(C(=O)c2ccccc2)C(c2ccc(OC)cc2)C1. The molecule has 1 aliphatic carbocycles. The molecule has 0 saturated carbocycles. The zero-order chi connectivity index (χ0) is 17.8. The molecule has 2 aromatic carbocycles. The van der Waals surface area contributed by atoms with Crippen LogP contribution in [0.5, 0.6) is 5.75 Å². The molecule has 0 heterocycles. The van der Waals surface area contributed by atoms with Gasteiger partial charge in [0.05, 0.1) is 25.9 Å². The minimum Gasteiger partial charge on any atom is -0.501 e. The first-order valence-electron chi connectivity index (χ1n) is 8.15. The number of hydrogen-bond acceptors (Lipinski definition) is 4. The number of hydrogen-bond donors (Lipinski definition) is 0. The first-order chi connectivity index (χ1) is 12.1. The Balaban J connectivity index is 2.00. The van der Waals surface area contributed by atoms with Crippen molar-refractivity contribution in [1.29, 1.82) is 0 Å². The molecule has 0 bridgehead atoms. The van der Waals surface area contributed by atoms with Crippen LogP contribution in [-0.2, 0) is 9.53 Å². The number of methoxy groups -OCH3 is 2. The third-order valence-electron chi connectivity index (χ3n) is 4.58. The van der Waals surface area contributed by atoms with E-state index < -0.39 is 5.92 Å². The van der Waals surface area contributed by atoms with Gasteiger partial charge in [-0.2, -0.15) is 0 Å². The zero-order valence-corrected chi connectivity index (χ0v) is 14.3. The Hall–Kier alpha value is -2.88. The van der Waals surface area contributed by atoms with Gasteiger partial charge in [-0.1, -0.05) is 42.5 Å². The Morgan fingerprint density at radius 3 is 2.24 bits per heavy atom. The monoisotopic (exact) mass is 336 g/mol. The van der Waals surface area contributed by atoms with Crippen LogP contribution >= 0.6 is 0 Å². The van der Waals surface area contributed by atoms with Gasteiger partial charge in [0.25, 0.3) is 0 Å². The number of carbonyl (C=O) groups excluding carboxylic acids is 2. The molecule has 0 aliphatic heterocycles. The van der Waals surface area contributed by atoms with Crippen molar-refractivity contribution in [3.8, 4) is 5.75 Å². The molecule has 0 spiro atoms. The van der Waals surface area contributed by atoms with Gasteiger partial charge in [-0.05, 0) is 17.7 Å². The molecule has 2 atom stereocenters. The molecule has 25 heavy (non-hydrogen) atoms. The highest BCUT2D eigenvalue weighted by Gasteiger charge is 2.39. The maximum Gasteiger partial charge on any atom is 0.174 e. The number of Topliss-reactive ketones (excluding diaryl/α,β-unsaturated/α-hetero) is 1. The minimum atomic E-state index is -0.741. The van der Waals surface area contributed by atoms with E-state index in [0.29, 0.717) is 17.7 Å². The topological polar surface area (TPSA) is 52.6 Å². The Kier molecular flexibility index (Phi) is 4.98. The number of rotatable bonds is 5. The summed E-state index contributed by atoms with van der Waals surface area (Å²) in [6, 6.07) is 16.4. The van der Waals surface area contributed by atoms with Gasteiger partial charge in [0.2, 0.25) is 0 Å². The summed E-state index contributed by atoms with van der Waals surface area (Å²) in [4.78, 5) is 25.7. The maximum atomic E-state index is 13.0. The van der Waals surface area contributed by atoms with Crippen LogP contribution in [0.4, 0.5) is 0 Å². The van der Waals surface area contributed by atoms with Crippen molar-refractivity contribution in [2.75, 3.05) is 14.2 Å². The second kappa shape index (κ2) is 7.34. The van der Waals surface area contributed by atoms with Crippen LogP contribution in [0.3, 0.4) is 0 Å². The molecule has 0 aromatic heterocycles. The lowest BCUT2D eigenvalue weighted by Gasteiger charge is -2.29. The van der Waals surface area contributed by atoms with Gasteiger partial charge in [0, 0.05) is 24.0 Å². The number of allylic oxidation sites excluding steroid dienone is 2. The van der Waals surface area contributed by atoms with Crippen molar-refractivity contribution in [3.05, 3.63) is 77.6 Å². The van der Waals surface area contributed by atoms with Crippen LogP contribution in [0, 0.1) is 5.92 Å². The molecule has 0 radical (unpaired) electrons. The standard InChI is InChI=1S/C21H20O4/c1-24-16-10-8-14(9-11-16)18-12-17(25-2)13-19(22)20(18)21(23)15-6-4-3-5-7-15/h3-11,13,18,20H,12H2,1-2H3. The summed E-state index contributed by atoms with van der Waals surface area (Å²) in [6.07, 6.45) is 1.96. The van der Waals surface area contributed by atoms with Gasteiger partial charge in [-0.25, -0.2) is 0 Å². The van der Waals surface area contributed by atoms with E-state index in [1.807, 2.05) is 30.3 Å². The van der Waals surface area contributed by atoms with Crippen LogP contribution in [0.15, 0.2) is 66.4 Å². The molecule has 0 fully saturated rings. The molecule has 2 unspecified atom stereocenters. The molecule has 2 aromatic rings. The third kappa shape index (κ3) is 3.48. The summed E-state index contributed by atoms with van der Waals surface area (Å²) in [7, 11) is 3.15. The summed E-state index contributed by atoms with van der Waals surface area (Å²) in [5.41, 5.74) is 1.47. The summed E-state index contributed by atoms with van der Waals surface area (Å²) < 4.78 is 10.5. The van der Waals surface area contributed by atoms with Crippen LogP contribution in [-0.4, -0.2) is 25.8 Å². The average molecular weight is 336 g/mol. The summed E-state index contributed by atoms with van der Waals surface area (Å²) in [5.74, 6) is -0.0291. The van der Waals surface area contributed by atoms with Crippen molar-refractivity contribution in [2.24, 2.45) is 5.92 Å². The van der Waals surface area contributed by atoms with Gasteiger partial charge in [0.15, 0.2) is 11.6 Å². The Morgan fingerprint density at radius 1 is 0.960 bits per heavy atom. The van der Waals surface area contributed by atoms with E-state index >= 15 is 0 Å². The lowest BCUT2D eigenvalue weighted by atomic mass is 9.73. The van der Waals surface area contributed by atoms with E-state index in [2.05, 4.69) is 0 Å². The van der Waals surface area contributed by atoms with Gasteiger partial charge in [-0.15, -0.1) is 0 Å². The van der Waals surface area contributed by atoms with Crippen LogP contribution in [0.2, 0.25) is 0 Å². The molecule has 3 rings (SSSR count). The predicted octanol–water partition coefficient (Wildman–Crippen LogP) is 3.78. The van der Waals surface area contributed by atoms with Crippen LogP contribution in [0.1, 0.15) is 28.3 Å². The van der Waals surface area contributed by atoms with Gasteiger partial charge >= 0.3 is 0 Å². The average Bonchev–Trinajstić information content (AvgIpc) is 2.67. The molecule has 4 nitrogen and oxygen atoms in total. The second-order valence-electron chi connectivity index (χ2n) is 6.01. The highest BCUT2D eigenvalue weighted by molar-refractivity contribution is 6.15. The molecule has 128 valence electrons. The van der Waals surface area contributed by atoms with Crippen molar-refractivity contribution >= 4 is 11.6 Å². The molecule has 1 aliphatic rings. The highest BCUT2D eigenvalue weighted by atomic mass is 16.5. The fourth-order valence-corrected chi connectivity index (χ4v) is 3.24. The molecular formula is C21H20O4.